The topological polar surface area (TPSA) is 158 Å². The Kier molecular flexibility index (Phi) is 10.2. The van der Waals surface area contributed by atoms with E-state index in [1.807, 2.05) is 0 Å². The fourth-order valence-corrected chi connectivity index (χ4v) is 7.21. The molecule has 2 saturated carbocycles. The number of halogens is 2. The minimum atomic E-state index is -2.10. The van der Waals surface area contributed by atoms with Gasteiger partial charge >= 0.3 is 35.8 Å². The monoisotopic (exact) mass is 718 g/mol. The average Bonchev–Trinajstić information content (AvgIpc) is 3.42. The maximum Gasteiger partial charge on any atom is 0.351 e. The van der Waals surface area contributed by atoms with Crippen molar-refractivity contribution in [2.24, 2.45) is 0 Å². The van der Waals surface area contributed by atoms with E-state index < -0.39 is 59.2 Å². The van der Waals surface area contributed by atoms with Crippen LogP contribution in [0.3, 0.4) is 0 Å². The van der Waals surface area contributed by atoms with Crippen molar-refractivity contribution in [1.82, 2.24) is 0 Å². The van der Waals surface area contributed by atoms with E-state index in [9.17, 15) is 28.8 Å². The quantitative estimate of drug-likeness (QED) is 0.195. The van der Waals surface area contributed by atoms with Crippen LogP contribution in [0.15, 0.2) is 22.3 Å². The number of alkyl halides is 2. The number of rotatable bonds is 9. The van der Waals surface area contributed by atoms with E-state index >= 15 is 0 Å². The smallest absolute Gasteiger partial charge is 0.351 e. The summed E-state index contributed by atoms with van der Waals surface area (Å²) in [5.74, 6) is -6.00. The van der Waals surface area contributed by atoms with E-state index in [4.69, 9.17) is 28.4 Å². The van der Waals surface area contributed by atoms with Crippen molar-refractivity contribution >= 4 is 67.7 Å². The first-order valence-electron chi connectivity index (χ1n) is 13.7. The van der Waals surface area contributed by atoms with Crippen molar-refractivity contribution < 1.29 is 57.2 Å². The number of carbonyl (C=O) groups excluding carboxylic acids is 6. The molecule has 2 aliphatic carbocycles. The molecule has 2 spiro atoms. The highest BCUT2D eigenvalue weighted by Gasteiger charge is 2.55. The van der Waals surface area contributed by atoms with Crippen LogP contribution in [-0.4, -0.2) is 84.1 Å². The Labute approximate surface area is 259 Å². The van der Waals surface area contributed by atoms with E-state index in [2.05, 4.69) is 31.9 Å². The molecule has 0 radical (unpaired) electrons. The second kappa shape index (κ2) is 13.3. The van der Waals surface area contributed by atoms with Gasteiger partial charge in [-0.2, -0.15) is 0 Å². The molecule has 2 unspecified atom stereocenters. The van der Waals surface area contributed by atoms with Crippen LogP contribution in [0.5, 0.6) is 0 Å². The fraction of sp³-hybridized carbons (Fsp3) is 0.643. The minimum Gasteiger partial charge on any atom is -0.466 e. The van der Waals surface area contributed by atoms with Crippen molar-refractivity contribution in [3.05, 3.63) is 22.3 Å². The Balaban J connectivity index is 1.69. The average molecular weight is 720 g/mol. The molecule has 42 heavy (non-hydrogen) atoms. The maximum absolute atomic E-state index is 13.7. The molecular weight excluding hydrogens is 688 g/mol. The van der Waals surface area contributed by atoms with Crippen molar-refractivity contribution in [3.63, 3.8) is 0 Å². The van der Waals surface area contributed by atoms with Gasteiger partial charge in [0.15, 0.2) is 0 Å². The summed E-state index contributed by atoms with van der Waals surface area (Å²) in [5.41, 5.74) is -2.53. The number of carbonyl (C=O) groups is 6. The second-order valence-corrected chi connectivity index (χ2v) is 11.7. The summed E-state index contributed by atoms with van der Waals surface area (Å²) in [6.45, 7) is 0. The lowest BCUT2D eigenvalue weighted by molar-refractivity contribution is -0.188. The molecule has 0 amide bonds. The number of ether oxygens (including phenoxy) is 6. The Hall–Kier alpha value is -2.74. The first kappa shape index (κ1) is 32.2. The van der Waals surface area contributed by atoms with Gasteiger partial charge in [0, 0.05) is 10.7 Å². The molecule has 2 heterocycles. The van der Waals surface area contributed by atoms with Gasteiger partial charge in [0.1, 0.15) is 11.2 Å². The summed E-state index contributed by atoms with van der Waals surface area (Å²) in [6, 6.07) is 0. The lowest BCUT2D eigenvalue weighted by atomic mass is 9.79. The van der Waals surface area contributed by atoms with Gasteiger partial charge in [-0.3, -0.25) is 0 Å². The molecule has 0 aromatic carbocycles. The van der Waals surface area contributed by atoms with Crippen LogP contribution in [0.1, 0.15) is 64.2 Å². The predicted octanol–water partition coefficient (Wildman–Crippen LogP) is 3.06. The zero-order chi connectivity index (χ0) is 30.7. The number of esters is 6. The van der Waals surface area contributed by atoms with Crippen LogP contribution >= 0.6 is 31.9 Å². The first-order valence-corrected chi connectivity index (χ1v) is 16.0. The normalized spacial score (nSPS) is 22.4. The van der Waals surface area contributed by atoms with Crippen LogP contribution in [0.4, 0.5) is 0 Å². The third-order valence-corrected chi connectivity index (χ3v) is 9.31. The molecule has 2 aliphatic heterocycles. The lowest BCUT2D eigenvalue weighted by Crippen LogP contribution is -2.49. The van der Waals surface area contributed by atoms with Gasteiger partial charge in [-0.05, 0) is 51.4 Å². The summed E-state index contributed by atoms with van der Waals surface area (Å²) < 4.78 is 32.0. The molecule has 2 atom stereocenters. The molecule has 0 aromatic heterocycles. The summed E-state index contributed by atoms with van der Waals surface area (Å²) in [5, 5.41) is -0.0359. The third kappa shape index (κ3) is 5.88. The van der Waals surface area contributed by atoms with Crippen molar-refractivity contribution in [2.45, 2.75) is 87.6 Å². The highest BCUT2D eigenvalue weighted by atomic mass is 79.9. The van der Waals surface area contributed by atoms with Crippen LogP contribution in [-0.2, 0) is 57.2 Å². The Morgan fingerprint density at radius 3 is 1.29 bits per heavy atom. The molecule has 4 aliphatic rings. The third-order valence-electron chi connectivity index (χ3n) is 8.19. The van der Waals surface area contributed by atoms with Gasteiger partial charge in [-0.25, -0.2) is 28.8 Å². The Morgan fingerprint density at radius 1 is 0.667 bits per heavy atom. The van der Waals surface area contributed by atoms with E-state index in [1.54, 1.807) is 0 Å². The van der Waals surface area contributed by atoms with Crippen molar-refractivity contribution in [3.8, 4) is 0 Å². The molecule has 0 aromatic rings. The van der Waals surface area contributed by atoms with E-state index in [1.165, 1.54) is 0 Å². The summed E-state index contributed by atoms with van der Waals surface area (Å²) in [7, 11) is 2.00. The van der Waals surface area contributed by atoms with Crippen molar-refractivity contribution in [2.75, 3.05) is 24.9 Å². The molecule has 0 N–H and O–H groups in total. The van der Waals surface area contributed by atoms with Crippen LogP contribution in [0.25, 0.3) is 0 Å². The number of hydrogen-bond donors (Lipinski definition) is 0. The van der Waals surface area contributed by atoms with Gasteiger partial charge in [-0.15, -0.1) is 0 Å². The fourth-order valence-electron chi connectivity index (χ4n) is 6.19. The molecule has 12 nitrogen and oxygen atoms in total. The van der Waals surface area contributed by atoms with Crippen LogP contribution < -0.4 is 0 Å². The number of hydrogen-bond acceptors (Lipinski definition) is 12. The van der Waals surface area contributed by atoms with Gasteiger partial charge in [-0.1, -0.05) is 44.7 Å². The standard InChI is InChI=1S/C28H32Br2O12/c1-37-25(35)19(39-23(33)17-15(13-29)21(31)41-27(17)9-5-3-6-10-27)20(26(36)38-2)40-24(34)18-16(14-30)22(32)42-28(18)11-7-4-8-12-28/h19-20H,3-14H2,1-2H3. The second-order valence-electron chi connectivity index (χ2n) is 10.6. The van der Waals surface area contributed by atoms with Crippen LogP contribution in [0, 0.1) is 0 Å². The molecule has 14 heteroatoms. The molecule has 0 saturated heterocycles. The molecule has 4 rings (SSSR count). The SMILES string of the molecule is COC(=O)C(OC(=O)C1=C(CBr)C(=O)OC12CCCCC2)C(OC(=O)C1=C(CBr)C(=O)OC12CCCCC2)C(=O)OC. The number of methoxy groups -OCH3 is 2. The van der Waals surface area contributed by atoms with Gasteiger partial charge in [0.25, 0.3) is 0 Å². The molecule has 0 bridgehead atoms. The summed E-state index contributed by atoms with van der Waals surface area (Å²) in [6.07, 6.45) is 1.81. The summed E-state index contributed by atoms with van der Waals surface area (Å²) >= 11 is 6.44. The Bertz CT molecular complexity index is 1130. The van der Waals surface area contributed by atoms with Gasteiger partial charge in [0.2, 0.25) is 12.2 Å². The van der Waals surface area contributed by atoms with E-state index in [0.717, 1.165) is 27.1 Å². The Morgan fingerprint density at radius 2 is 1.00 bits per heavy atom. The molecular formula is C28H32Br2O12. The van der Waals surface area contributed by atoms with E-state index in [-0.39, 0.29) is 33.0 Å². The molecule has 230 valence electrons. The largest absolute Gasteiger partial charge is 0.466 e. The minimum absolute atomic E-state index is 0.0179. The van der Waals surface area contributed by atoms with Gasteiger partial charge < -0.3 is 28.4 Å². The predicted molar refractivity (Wildman–Crippen MR) is 149 cm³/mol. The highest BCUT2D eigenvalue weighted by molar-refractivity contribution is 9.09. The zero-order valence-electron chi connectivity index (χ0n) is 23.3. The zero-order valence-corrected chi connectivity index (χ0v) is 26.5. The lowest BCUT2D eigenvalue weighted by Gasteiger charge is -2.35. The van der Waals surface area contributed by atoms with Crippen LogP contribution in [0.2, 0.25) is 0 Å². The van der Waals surface area contributed by atoms with Crippen molar-refractivity contribution in [1.29, 1.82) is 0 Å². The first-order chi connectivity index (χ1) is 20.1. The highest BCUT2D eigenvalue weighted by Crippen LogP contribution is 2.46. The van der Waals surface area contributed by atoms with E-state index in [0.29, 0.717) is 51.4 Å². The maximum atomic E-state index is 13.7. The summed E-state index contributed by atoms with van der Waals surface area (Å²) in [4.78, 5) is 78.7. The van der Waals surface area contributed by atoms with Gasteiger partial charge in [0.05, 0.1) is 36.5 Å². The molecule has 2 fully saturated rings.